The van der Waals surface area contributed by atoms with Crippen LogP contribution in [-0.2, 0) is 0 Å². The highest BCUT2D eigenvalue weighted by Crippen LogP contribution is 2.42. The number of thioether (sulfide) groups is 2. The van der Waals surface area contributed by atoms with Crippen LogP contribution in [0.1, 0.15) is 26.7 Å². The zero-order valence-corrected chi connectivity index (χ0v) is 14.9. The van der Waals surface area contributed by atoms with Crippen LogP contribution >= 0.6 is 23.5 Å². The van der Waals surface area contributed by atoms with Crippen LogP contribution in [0.5, 0.6) is 0 Å². The molecule has 0 aliphatic carbocycles. The van der Waals surface area contributed by atoms with E-state index < -0.39 is 0 Å². The first kappa shape index (κ1) is 15.8. The average molecular weight is 327 g/mol. The molecule has 114 valence electrons. The summed E-state index contributed by atoms with van der Waals surface area (Å²) in [5.74, 6) is 2.35. The average Bonchev–Trinajstić information content (AvgIpc) is 2.58. The molecule has 0 fully saturated rings. The second-order valence-corrected chi connectivity index (χ2v) is 7.66. The maximum absolute atomic E-state index is 2.29. The van der Waals surface area contributed by atoms with Crippen molar-refractivity contribution in [2.24, 2.45) is 0 Å². The molecule has 0 aromatic heterocycles. The third-order valence-corrected chi connectivity index (χ3v) is 6.42. The number of rotatable bonds is 6. The van der Waals surface area contributed by atoms with E-state index in [4.69, 9.17) is 0 Å². The lowest BCUT2D eigenvalue weighted by Crippen LogP contribution is -1.89. The third kappa shape index (κ3) is 3.00. The van der Waals surface area contributed by atoms with Gasteiger partial charge < -0.3 is 0 Å². The molecule has 0 bridgehead atoms. The molecule has 0 unspecified atom stereocenters. The lowest BCUT2D eigenvalue weighted by Gasteiger charge is -2.16. The Labute approximate surface area is 141 Å². The smallest absolute Gasteiger partial charge is 0.0230 e. The summed E-state index contributed by atoms with van der Waals surface area (Å²) in [5.41, 5.74) is 0. The molecule has 0 spiro atoms. The van der Waals surface area contributed by atoms with Gasteiger partial charge in [-0.1, -0.05) is 62.4 Å². The van der Waals surface area contributed by atoms with Crippen molar-refractivity contribution >= 4 is 45.1 Å². The quantitative estimate of drug-likeness (QED) is 0.353. The van der Waals surface area contributed by atoms with Crippen molar-refractivity contribution in [3.8, 4) is 0 Å². The van der Waals surface area contributed by atoms with Crippen LogP contribution < -0.4 is 0 Å². The summed E-state index contributed by atoms with van der Waals surface area (Å²) >= 11 is 4.01. The number of fused-ring (bicyclic) bond motifs is 2. The van der Waals surface area contributed by atoms with Gasteiger partial charge in [0.25, 0.3) is 0 Å². The van der Waals surface area contributed by atoms with Crippen LogP contribution in [0.25, 0.3) is 21.5 Å². The fraction of sp³-hybridized carbons (Fsp3) is 0.300. The van der Waals surface area contributed by atoms with Gasteiger partial charge in [-0.15, -0.1) is 23.5 Å². The fourth-order valence-electron chi connectivity index (χ4n) is 2.77. The van der Waals surface area contributed by atoms with Crippen molar-refractivity contribution in [3.63, 3.8) is 0 Å². The molecule has 0 radical (unpaired) electrons. The van der Waals surface area contributed by atoms with Gasteiger partial charge in [-0.3, -0.25) is 0 Å². The molecular formula is C20H22S2. The number of benzene rings is 3. The highest BCUT2D eigenvalue weighted by molar-refractivity contribution is 8.00. The van der Waals surface area contributed by atoms with Gasteiger partial charge >= 0.3 is 0 Å². The number of hydrogen-bond donors (Lipinski definition) is 0. The van der Waals surface area contributed by atoms with Gasteiger partial charge in [-0.2, -0.15) is 0 Å². The Balaban J connectivity index is 2.32. The first-order valence-electron chi connectivity index (χ1n) is 8.05. The van der Waals surface area contributed by atoms with E-state index in [1.165, 1.54) is 55.7 Å². The lowest BCUT2D eigenvalue weighted by molar-refractivity contribution is 1.11. The molecule has 0 saturated heterocycles. The van der Waals surface area contributed by atoms with Gasteiger partial charge in [-0.25, -0.2) is 0 Å². The molecule has 0 nitrogen and oxygen atoms in total. The van der Waals surface area contributed by atoms with E-state index in [0.29, 0.717) is 0 Å². The standard InChI is InChI=1S/C20H22S2/c1-3-13-21-19-15-9-5-7-11-17(15)20(22-14-4-2)18-12-8-6-10-16(18)19/h5-12H,3-4,13-14H2,1-2H3. The Morgan fingerprint density at radius 2 is 0.909 bits per heavy atom. The predicted octanol–water partition coefficient (Wildman–Crippen LogP) is 7.00. The van der Waals surface area contributed by atoms with Crippen LogP contribution in [0.15, 0.2) is 58.3 Å². The zero-order valence-electron chi connectivity index (χ0n) is 13.3. The largest absolute Gasteiger partial charge is 0.125 e. The van der Waals surface area contributed by atoms with Crippen LogP contribution in [-0.4, -0.2) is 11.5 Å². The molecular weight excluding hydrogens is 304 g/mol. The zero-order chi connectivity index (χ0) is 15.4. The van der Waals surface area contributed by atoms with E-state index in [2.05, 4.69) is 62.4 Å². The SMILES string of the molecule is CCCSc1c2ccccc2c(SCCC)c2ccccc12. The molecule has 2 heteroatoms. The monoisotopic (exact) mass is 326 g/mol. The van der Waals surface area contributed by atoms with Crippen molar-refractivity contribution in [1.82, 2.24) is 0 Å². The second-order valence-electron chi connectivity index (χ2n) is 5.45. The third-order valence-electron chi connectivity index (χ3n) is 3.73. The molecule has 0 atom stereocenters. The van der Waals surface area contributed by atoms with Gasteiger partial charge in [0.15, 0.2) is 0 Å². The summed E-state index contributed by atoms with van der Waals surface area (Å²) in [7, 11) is 0. The molecule has 3 rings (SSSR count). The van der Waals surface area contributed by atoms with E-state index in [0.717, 1.165) is 0 Å². The summed E-state index contributed by atoms with van der Waals surface area (Å²) in [6, 6.07) is 17.8. The van der Waals surface area contributed by atoms with Gasteiger partial charge in [0.05, 0.1) is 0 Å². The Hall–Kier alpha value is -1.12. The van der Waals surface area contributed by atoms with Crippen molar-refractivity contribution in [1.29, 1.82) is 0 Å². The van der Waals surface area contributed by atoms with Crippen LogP contribution in [0.3, 0.4) is 0 Å². The molecule has 22 heavy (non-hydrogen) atoms. The second kappa shape index (κ2) is 7.43. The normalized spacial score (nSPS) is 11.4. The minimum Gasteiger partial charge on any atom is -0.125 e. The molecule has 0 amide bonds. The predicted molar refractivity (Wildman–Crippen MR) is 103 cm³/mol. The van der Waals surface area contributed by atoms with Gasteiger partial charge in [0.1, 0.15) is 0 Å². The minimum absolute atomic E-state index is 1.18. The van der Waals surface area contributed by atoms with E-state index >= 15 is 0 Å². The van der Waals surface area contributed by atoms with Crippen molar-refractivity contribution in [3.05, 3.63) is 48.5 Å². The van der Waals surface area contributed by atoms with Gasteiger partial charge in [-0.05, 0) is 45.9 Å². The topological polar surface area (TPSA) is 0 Å². The molecule has 0 saturated carbocycles. The molecule has 3 aromatic rings. The molecule has 0 aliphatic heterocycles. The Morgan fingerprint density at radius 1 is 0.591 bits per heavy atom. The van der Waals surface area contributed by atoms with E-state index in [1.54, 1.807) is 0 Å². The lowest BCUT2D eigenvalue weighted by atomic mass is 10.0. The number of hydrogen-bond acceptors (Lipinski definition) is 2. The molecule has 0 heterocycles. The van der Waals surface area contributed by atoms with Gasteiger partial charge in [0, 0.05) is 9.79 Å². The molecule has 0 aliphatic rings. The van der Waals surface area contributed by atoms with E-state index in [9.17, 15) is 0 Å². The van der Waals surface area contributed by atoms with E-state index in [-0.39, 0.29) is 0 Å². The van der Waals surface area contributed by atoms with Crippen LogP contribution in [0.4, 0.5) is 0 Å². The Kier molecular flexibility index (Phi) is 5.32. The maximum Gasteiger partial charge on any atom is 0.0230 e. The maximum atomic E-state index is 2.29. The Morgan fingerprint density at radius 3 is 1.18 bits per heavy atom. The van der Waals surface area contributed by atoms with Crippen molar-refractivity contribution in [2.45, 2.75) is 36.5 Å². The summed E-state index contributed by atoms with van der Waals surface area (Å²) in [6.45, 7) is 4.51. The summed E-state index contributed by atoms with van der Waals surface area (Å²) in [4.78, 5) is 2.91. The fourth-order valence-corrected chi connectivity index (χ4v) is 4.92. The summed E-state index contributed by atoms with van der Waals surface area (Å²) < 4.78 is 0. The first-order chi connectivity index (χ1) is 10.9. The highest BCUT2D eigenvalue weighted by Gasteiger charge is 2.13. The minimum atomic E-state index is 1.18. The van der Waals surface area contributed by atoms with Crippen LogP contribution in [0.2, 0.25) is 0 Å². The van der Waals surface area contributed by atoms with E-state index in [1.807, 2.05) is 23.5 Å². The van der Waals surface area contributed by atoms with Crippen molar-refractivity contribution < 1.29 is 0 Å². The summed E-state index contributed by atoms with van der Waals surface area (Å²) in [6.07, 6.45) is 2.42. The summed E-state index contributed by atoms with van der Waals surface area (Å²) in [5, 5.41) is 5.66. The first-order valence-corrected chi connectivity index (χ1v) is 10.0. The molecule has 3 aromatic carbocycles. The van der Waals surface area contributed by atoms with Crippen molar-refractivity contribution in [2.75, 3.05) is 11.5 Å². The van der Waals surface area contributed by atoms with Gasteiger partial charge in [0.2, 0.25) is 0 Å². The highest BCUT2D eigenvalue weighted by atomic mass is 32.2. The van der Waals surface area contributed by atoms with Crippen LogP contribution in [0, 0.1) is 0 Å². The molecule has 0 N–H and O–H groups in total. The Bertz CT molecular complexity index is 654.